The molecule has 2 nitrogen and oxygen atoms in total. The Balaban J connectivity index is 1.31. The summed E-state index contributed by atoms with van der Waals surface area (Å²) in [6.45, 7) is 7.68. The van der Waals surface area contributed by atoms with Crippen LogP contribution in [-0.2, 0) is 6.42 Å². The van der Waals surface area contributed by atoms with Crippen molar-refractivity contribution in [3.05, 3.63) is 40.7 Å². The highest BCUT2D eigenvalue weighted by molar-refractivity contribution is 6.29. The van der Waals surface area contributed by atoms with Gasteiger partial charge in [-0.15, -0.1) is 0 Å². The van der Waals surface area contributed by atoms with Gasteiger partial charge in [-0.1, -0.05) is 50.1 Å². The molecule has 0 aromatic carbocycles. The lowest BCUT2D eigenvalue weighted by molar-refractivity contribution is -0.0571. The highest BCUT2D eigenvalue weighted by Gasteiger charge is 2.59. The van der Waals surface area contributed by atoms with Crippen LogP contribution in [0, 0.1) is 40.4 Å². The fraction of sp³-hybridized carbons (Fsp3) is 0.750. The number of aliphatic hydroxyl groups excluding tert-OH is 1. The monoisotopic (exact) mass is 441 g/mol. The first-order chi connectivity index (χ1) is 14.8. The van der Waals surface area contributed by atoms with Crippen LogP contribution in [0.1, 0.15) is 84.3 Å². The van der Waals surface area contributed by atoms with Gasteiger partial charge in [-0.05, 0) is 117 Å². The van der Waals surface area contributed by atoms with Crippen molar-refractivity contribution in [3.8, 4) is 0 Å². The number of halogens is 1. The lowest BCUT2D eigenvalue weighted by atomic mass is 9.47. The van der Waals surface area contributed by atoms with E-state index >= 15 is 0 Å². The second kappa shape index (κ2) is 8.17. The number of aromatic nitrogens is 1. The summed E-state index contributed by atoms with van der Waals surface area (Å²) >= 11 is 6.10. The summed E-state index contributed by atoms with van der Waals surface area (Å²) in [4.78, 5) is 4.52. The Bertz CT molecular complexity index is 851. The first-order valence-electron chi connectivity index (χ1n) is 12.8. The highest BCUT2D eigenvalue weighted by atomic mass is 35.5. The van der Waals surface area contributed by atoms with Crippen LogP contribution in [0.5, 0.6) is 0 Å². The fourth-order valence-electron chi connectivity index (χ4n) is 8.78. The molecule has 0 aliphatic heterocycles. The number of aryl methyl sites for hydroxylation is 1. The molecule has 1 aromatic rings. The summed E-state index contributed by atoms with van der Waals surface area (Å²) in [5.41, 5.74) is 3.58. The number of rotatable bonds is 4. The van der Waals surface area contributed by atoms with Crippen molar-refractivity contribution in [2.75, 3.05) is 0 Å². The van der Waals surface area contributed by atoms with E-state index in [9.17, 15) is 5.11 Å². The van der Waals surface area contributed by atoms with E-state index in [2.05, 4.69) is 37.9 Å². The minimum atomic E-state index is -0.101. The molecule has 3 fully saturated rings. The number of nitrogens with zero attached hydrogens (tertiary/aromatic N) is 1. The average Bonchev–Trinajstić information content (AvgIpc) is 3.10. The molecule has 0 radical (unpaired) electrons. The van der Waals surface area contributed by atoms with E-state index in [4.69, 9.17) is 11.6 Å². The van der Waals surface area contributed by atoms with Gasteiger partial charge in [0, 0.05) is 5.69 Å². The summed E-state index contributed by atoms with van der Waals surface area (Å²) in [6, 6.07) is 6.02. The number of fused-ring (bicyclic) bond motifs is 5. The number of hydrogen-bond acceptors (Lipinski definition) is 2. The Labute approximate surface area is 193 Å². The minimum Gasteiger partial charge on any atom is -0.393 e. The third-order valence-corrected chi connectivity index (χ3v) is 10.7. The van der Waals surface area contributed by atoms with Crippen molar-refractivity contribution < 1.29 is 5.11 Å². The zero-order valence-corrected chi connectivity index (χ0v) is 20.4. The van der Waals surface area contributed by atoms with Gasteiger partial charge >= 0.3 is 0 Å². The number of hydrogen-bond donors (Lipinski definition) is 1. The molecule has 0 bridgehead atoms. The van der Waals surface area contributed by atoms with Crippen LogP contribution >= 0.6 is 11.6 Å². The zero-order valence-electron chi connectivity index (χ0n) is 19.6. The van der Waals surface area contributed by atoms with Gasteiger partial charge < -0.3 is 5.11 Å². The van der Waals surface area contributed by atoms with Crippen molar-refractivity contribution in [1.29, 1.82) is 0 Å². The van der Waals surface area contributed by atoms with Crippen molar-refractivity contribution in [2.24, 2.45) is 40.4 Å². The fourth-order valence-corrected chi connectivity index (χ4v) is 8.96. The SMILES string of the molecule is C[C@H](CCc1cccc(Cl)n1)[C@H]1CC[C@H]2[C@@H]3CC=C4C[C@@H](O)CC[C@]4(C)[C@H]3CC[C@]12C. The maximum Gasteiger partial charge on any atom is 0.129 e. The number of aliphatic hydroxyl groups is 1. The standard InChI is InChI=1S/C28H40ClNO/c1-18(7-9-20-5-4-6-26(29)30-20)23-11-12-24-22-10-8-19-17-21(31)13-15-27(19,2)25(22)14-16-28(23,24)3/h4-6,8,18,21-25,31H,7,9-17H2,1-3H3/t18-,21+,22+,23-,24+,25+,27+,28-/m1/s1. The molecular weight excluding hydrogens is 402 g/mol. The topological polar surface area (TPSA) is 33.1 Å². The molecule has 4 aliphatic rings. The highest BCUT2D eigenvalue weighted by Crippen LogP contribution is 2.67. The molecule has 3 heteroatoms. The normalized spacial score (nSPS) is 42.9. The summed E-state index contributed by atoms with van der Waals surface area (Å²) in [5.74, 6) is 4.15. The molecule has 1 heterocycles. The summed E-state index contributed by atoms with van der Waals surface area (Å²) < 4.78 is 0. The quantitative estimate of drug-likeness (QED) is 0.394. The average molecular weight is 442 g/mol. The second-order valence-electron chi connectivity index (χ2n) is 11.9. The lowest BCUT2D eigenvalue weighted by Crippen LogP contribution is -2.50. The predicted molar refractivity (Wildman–Crippen MR) is 128 cm³/mol. The van der Waals surface area contributed by atoms with Gasteiger partial charge in [0.25, 0.3) is 0 Å². The molecule has 1 N–H and O–H groups in total. The third kappa shape index (κ3) is 3.70. The summed E-state index contributed by atoms with van der Waals surface area (Å²) in [5, 5.41) is 10.9. The predicted octanol–water partition coefficient (Wildman–Crippen LogP) is 7.24. The number of pyridine rings is 1. The molecule has 31 heavy (non-hydrogen) atoms. The molecule has 0 amide bonds. The molecule has 0 unspecified atom stereocenters. The Kier molecular flexibility index (Phi) is 5.79. The molecule has 170 valence electrons. The van der Waals surface area contributed by atoms with Gasteiger partial charge in [-0.2, -0.15) is 0 Å². The Morgan fingerprint density at radius 2 is 1.97 bits per heavy atom. The maximum atomic E-state index is 10.2. The van der Waals surface area contributed by atoms with Gasteiger partial charge in [-0.3, -0.25) is 0 Å². The van der Waals surface area contributed by atoms with Crippen molar-refractivity contribution in [1.82, 2.24) is 4.98 Å². The van der Waals surface area contributed by atoms with Crippen LogP contribution in [-0.4, -0.2) is 16.2 Å². The molecule has 0 spiro atoms. The van der Waals surface area contributed by atoms with E-state index < -0.39 is 0 Å². The smallest absolute Gasteiger partial charge is 0.129 e. The van der Waals surface area contributed by atoms with Crippen LogP contribution in [0.4, 0.5) is 0 Å². The minimum absolute atomic E-state index is 0.101. The molecule has 1 aromatic heterocycles. The molecule has 5 rings (SSSR count). The van der Waals surface area contributed by atoms with Crippen LogP contribution in [0.25, 0.3) is 0 Å². The third-order valence-electron chi connectivity index (χ3n) is 10.5. The Hall–Kier alpha value is -0.860. The van der Waals surface area contributed by atoms with E-state index in [0.29, 0.717) is 16.0 Å². The second-order valence-corrected chi connectivity index (χ2v) is 12.2. The van der Waals surface area contributed by atoms with Gasteiger partial charge in [-0.25, -0.2) is 4.98 Å². The van der Waals surface area contributed by atoms with E-state index in [1.165, 1.54) is 44.9 Å². The van der Waals surface area contributed by atoms with Crippen LogP contribution in [0.2, 0.25) is 5.15 Å². The van der Waals surface area contributed by atoms with Gasteiger partial charge in [0.15, 0.2) is 0 Å². The van der Waals surface area contributed by atoms with Gasteiger partial charge in [0.05, 0.1) is 6.10 Å². The first-order valence-corrected chi connectivity index (χ1v) is 13.2. The van der Waals surface area contributed by atoms with Gasteiger partial charge in [0.1, 0.15) is 5.15 Å². The van der Waals surface area contributed by atoms with Crippen LogP contribution in [0.3, 0.4) is 0 Å². The van der Waals surface area contributed by atoms with E-state index in [-0.39, 0.29) is 6.10 Å². The van der Waals surface area contributed by atoms with E-state index in [1.807, 2.05) is 12.1 Å². The molecule has 8 atom stereocenters. The van der Waals surface area contributed by atoms with Gasteiger partial charge in [0.2, 0.25) is 0 Å². The maximum absolute atomic E-state index is 10.2. The largest absolute Gasteiger partial charge is 0.393 e. The lowest BCUT2D eigenvalue weighted by Gasteiger charge is -2.58. The number of allylic oxidation sites excluding steroid dienone is 1. The summed E-state index contributed by atoms with van der Waals surface area (Å²) in [6.07, 6.45) is 14.7. The molecular formula is C28H40ClNO. The van der Waals surface area contributed by atoms with E-state index in [0.717, 1.165) is 54.5 Å². The van der Waals surface area contributed by atoms with E-state index in [1.54, 1.807) is 5.57 Å². The Morgan fingerprint density at radius 3 is 2.77 bits per heavy atom. The van der Waals surface area contributed by atoms with Crippen molar-refractivity contribution >= 4 is 11.6 Å². The Morgan fingerprint density at radius 1 is 1.13 bits per heavy atom. The zero-order chi connectivity index (χ0) is 21.8. The van der Waals surface area contributed by atoms with Crippen LogP contribution in [0.15, 0.2) is 29.8 Å². The van der Waals surface area contributed by atoms with Crippen molar-refractivity contribution in [2.45, 2.75) is 91.1 Å². The summed E-state index contributed by atoms with van der Waals surface area (Å²) in [7, 11) is 0. The van der Waals surface area contributed by atoms with Crippen molar-refractivity contribution in [3.63, 3.8) is 0 Å². The van der Waals surface area contributed by atoms with Crippen LogP contribution < -0.4 is 0 Å². The molecule has 3 saturated carbocycles. The molecule has 0 saturated heterocycles. The first kappa shape index (κ1) is 22.0. The molecule has 4 aliphatic carbocycles.